The number of nitrogens with zero attached hydrogens (tertiary/aromatic N) is 2. The molecule has 9 heteroatoms. The van der Waals surface area contributed by atoms with Gasteiger partial charge in [0.25, 0.3) is 5.69 Å². The van der Waals surface area contributed by atoms with Crippen molar-refractivity contribution in [2.75, 3.05) is 6.54 Å². The molecular formula is C14H18N2O6S. The molecular weight excluding hydrogens is 324 g/mol. The number of benzene rings is 1. The number of nitro groups is 1. The Bertz CT molecular complexity index is 684. The number of non-ortho nitro benzene ring substituents is 1. The quantitative estimate of drug-likeness (QED) is 0.317. The lowest BCUT2D eigenvalue weighted by Gasteiger charge is -2.25. The number of allylic oxidation sites excluding steroid dienone is 1. The number of rotatable bonds is 9. The van der Waals surface area contributed by atoms with E-state index in [2.05, 4.69) is 6.58 Å². The van der Waals surface area contributed by atoms with Crippen LogP contribution < -0.4 is 0 Å². The molecule has 0 bridgehead atoms. The van der Waals surface area contributed by atoms with E-state index < -0.39 is 27.0 Å². The molecule has 0 saturated heterocycles. The van der Waals surface area contributed by atoms with Gasteiger partial charge in [-0.05, 0) is 31.9 Å². The molecule has 1 N–H and O–H groups in total. The summed E-state index contributed by atoms with van der Waals surface area (Å²) in [5.74, 6) is -1.27. The van der Waals surface area contributed by atoms with E-state index in [0.717, 1.165) is 28.6 Å². The predicted octanol–water partition coefficient (Wildman–Crippen LogP) is 2.02. The number of unbranched alkanes of at least 4 members (excludes halogenated alkanes) is 1. The summed E-state index contributed by atoms with van der Waals surface area (Å²) in [6, 6.07) is 3.09. The Morgan fingerprint density at radius 2 is 2.00 bits per heavy atom. The van der Waals surface area contributed by atoms with Crippen LogP contribution in [0.2, 0.25) is 0 Å². The van der Waals surface area contributed by atoms with Crippen molar-refractivity contribution >= 4 is 21.7 Å². The fourth-order valence-electron chi connectivity index (χ4n) is 1.91. The van der Waals surface area contributed by atoms with Crippen molar-refractivity contribution in [2.45, 2.75) is 30.7 Å². The van der Waals surface area contributed by atoms with E-state index in [1.807, 2.05) is 0 Å². The van der Waals surface area contributed by atoms with Crippen LogP contribution in [-0.4, -0.2) is 41.3 Å². The first-order chi connectivity index (χ1) is 10.7. The summed E-state index contributed by atoms with van der Waals surface area (Å²) in [4.78, 5) is 21.0. The Morgan fingerprint density at radius 1 is 1.43 bits per heavy atom. The van der Waals surface area contributed by atoms with E-state index in [-0.39, 0.29) is 17.1 Å². The van der Waals surface area contributed by atoms with Crippen molar-refractivity contribution in [3.63, 3.8) is 0 Å². The fourth-order valence-corrected chi connectivity index (χ4v) is 3.54. The molecule has 1 aromatic carbocycles. The number of carboxylic acids is 1. The third-order valence-electron chi connectivity index (χ3n) is 3.23. The summed E-state index contributed by atoms with van der Waals surface area (Å²) >= 11 is 0. The normalized spacial score (nSPS) is 12.8. The zero-order valence-corrected chi connectivity index (χ0v) is 13.4. The Labute approximate surface area is 134 Å². The second kappa shape index (κ2) is 7.84. The van der Waals surface area contributed by atoms with Crippen molar-refractivity contribution < 1.29 is 23.2 Å². The molecule has 0 saturated carbocycles. The van der Waals surface area contributed by atoms with Crippen LogP contribution in [0.3, 0.4) is 0 Å². The largest absolute Gasteiger partial charge is 0.480 e. The van der Waals surface area contributed by atoms with Crippen LogP contribution in [0.5, 0.6) is 0 Å². The van der Waals surface area contributed by atoms with Gasteiger partial charge in [-0.3, -0.25) is 14.9 Å². The van der Waals surface area contributed by atoms with Crippen molar-refractivity contribution in [1.29, 1.82) is 0 Å². The van der Waals surface area contributed by atoms with E-state index >= 15 is 0 Å². The van der Waals surface area contributed by atoms with Crippen LogP contribution in [0.25, 0.3) is 0 Å². The molecule has 0 aromatic heterocycles. The summed E-state index contributed by atoms with van der Waals surface area (Å²) in [6.07, 6.45) is 2.58. The zero-order chi connectivity index (χ0) is 17.6. The van der Waals surface area contributed by atoms with Crippen molar-refractivity contribution in [2.24, 2.45) is 0 Å². The highest BCUT2D eigenvalue weighted by molar-refractivity contribution is 7.89. The number of carboxylic acid groups (broad SMARTS) is 1. The monoisotopic (exact) mass is 342 g/mol. The van der Waals surface area contributed by atoms with Gasteiger partial charge < -0.3 is 5.11 Å². The summed E-state index contributed by atoms with van der Waals surface area (Å²) in [5, 5.41) is 19.7. The molecule has 0 aliphatic rings. The van der Waals surface area contributed by atoms with Gasteiger partial charge in [-0.25, -0.2) is 8.42 Å². The van der Waals surface area contributed by atoms with Crippen LogP contribution in [0.15, 0.2) is 41.8 Å². The smallest absolute Gasteiger partial charge is 0.321 e. The highest BCUT2D eigenvalue weighted by Gasteiger charge is 2.32. The Balaban J connectivity index is 3.17. The minimum absolute atomic E-state index is 0.0127. The van der Waals surface area contributed by atoms with E-state index in [1.54, 1.807) is 6.08 Å². The van der Waals surface area contributed by atoms with Crippen LogP contribution in [0, 0.1) is 10.1 Å². The molecule has 0 aliphatic heterocycles. The molecule has 0 spiro atoms. The maximum absolute atomic E-state index is 12.6. The molecule has 0 fully saturated rings. The van der Waals surface area contributed by atoms with Gasteiger partial charge in [0.15, 0.2) is 0 Å². The van der Waals surface area contributed by atoms with Crippen LogP contribution >= 0.6 is 0 Å². The van der Waals surface area contributed by atoms with E-state index in [0.29, 0.717) is 12.8 Å². The lowest BCUT2D eigenvalue weighted by Crippen LogP contribution is -2.43. The van der Waals surface area contributed by atoms with E-state index in [4.69, 9.17) is 5.11 Å². The van der Waals surface area contributed by atoms with Crippen LogP contribution in [0.1, 0.15) is 19.8 Å². The van der Waals surface area contributed by atoms with Gasteiger partial charge in [0, 0.05) is 18.7 Å². The summed E-state index contributed by atoms with van der Waals surface area (Å²) in [7, 11) is -4.07. The number of hydrogen-bond acceptors (Lipinski definition) is 5. The maximum Gasteiger partial charge on any atom is 0.321 e. The van der Waals surface area contributed by atoms with Crippen LogP contribution in [-0.2, 0) is 14.8 Å². The Morgan fingerprint density at radius 3 is 2.43 bits per heavy atom. The lowest BCUT2D eigenvalue weighted by molar-refractivity contribution is -0.384. The maximum atomic E-state index is 12.6. The van der Waals surface area contributed by atoms with E-state index in [1.165, 1.54) is 6.92 Å². The van der Waals surface area contributed by atoms with Gasteiger partial charge >= 0.3 is 5.97 Å². The Kier molecular flexibility index (Phi) is 6.40. The lowest BCUT2D eigenvalue weighted by atomic mass is 10.3. The number of aliphatic carboxylic acids is 1. The number of sulfonamides is 1. The topological polar surface area (TPSA) is 118 Å². The molecule has 0 unspecified atom stereocenters. The molecule has 0 amide bonds. The van der Waals surface area contributed by atoms with Gasteiger partial charge in [0.05, 0.1) is 9.82 Å². The van der Waals surface area contributed by atoms with Gasteiger partial charge in [0.2, 0.25) is 10.0 Å². The van der Waals surface area contributed by atoms with E-state index in [9.17, 15) is 23.3 Å². The second-order valence-corrected chi connectivity index (χ2v) is 6.70. The number of hydrogen-bond donors (Lipinski definition) is 1. The van der Waals surface area contributed by atoms with Crippen LogP contribution in [0.4, 0.5) is 5.69 Å². The zero-order valence-electron chi connectivity index (χ0n) is 12.6. The highest BCUT2D eigenvalue weighted by Crippen LogP contribution is 2.22. The molecule has 0 aliphatic carbocycles. The second-order valence-electron chi connectivity index (χ2n) is 4.81. The molecule has 126 valence electrons. The first-order valence-electron chi connectivity index (χ1n) is 6.81. The van der Waals surface area contributed by atoms with Gasteiger partial charge in [-0.15, -0.1) is 6.58 Å². The molecule has 0 radical (unpaired) electrons. The highest BCUT2D eigenvalue weighted by atomic mass is 32.2. The molecule has 1 atom stereocenters. The van der Waals surface area contributed by atoms with Gasteiger partial charge in [-0.1, -0.05) is 6.08 Å². The van der Waals surface area contributed by atoms with Crippen molar-refractivity contribution in [3.05, 3.63) is 47.0 Å². The molecule has 0 heterocycles. The van der Waals surface area contributed by atoms with Crippen molar-refractivity contribution in [3.8, 4) is 0 Å². The standard InChI is InChI=1S/C14H18N2O6S/c1-3-4-5-10-15(11(2)14(17)18)23(21,22)13-8-6-12(7-9-13)16(19)20/h3,6-9,11H,1,4-5,10H2,2H3,(H,17,18)/t11-/m0/s1. The third-order valence-corrected chi connectivity index (χ3v) is 5.21. The Hall–Kier alpha value is -2.26. The molecule has 23 heavy (non-hydrogen) atoms. The first-order valence-corrected chi connectivity index (χ1v) is 8.25. The summed E-state index contributed by atoms with van der Waals surface area (Å²) in [6.45, 7) is 4.83. The molecule has 1 rings (SSSR count). The number of nitro benzene ring substituents is 1. The predicted molar refractivity (Wildman–Crippen MR) is 83.5 cm³/mol. The summed E-state index contributed by atoms with van der Waals surface area (Å²) < 4.78 is 26.1. The minimum atomic E-state index is -4.07. The summed E-state index contributed by atoms with van der Waals surface area (Å²) in [5.41, 5.74) is -0.242. The average molecular weight is 342 g/mol. The fraction of sp³-hybridized carbons (Fsp3) is 0.357. The van der Waals surface area contributed by atoms with Gasteiger partial charge in [0.1, 0.15) is 6.04 Å². The van der Waals surface area contributed by atoms with Gasteiger partial charge in [-0.2, -0.15) is 4.31 Å². The average Bonchev–Trinajstić information content (AvgIpc) is 2.50. The molecule has 1 aromatic rings. The minimum Gasteiger partial charge on any atom is -0.480 e. The SMILES string of the molecule is C=CCCCN([C@@H](C)C(=O)O)S(=O)(=O)c1ccc([N+](=O)[O-])cc1. The number of carbonyl (C=O) groups is 1. The van der Waals surface area contributed by atoms with Crippen molar-refractivity contribution in [1.82, 2.24) is 4.31 Å². The third kappa shape index (κ3) is 4.60. The molecule has 8 nitrogen and oxygen atoms in total. The first kappa shape index (κ1) is 18.8.